The van der Waals surface area contributed by atoms with Crippen molar-refractivity contribution in [2.45, 2.75) is 47.0 Å². The fourth-order valence-electron chi connectivity index (χ4n) is 2.10. The van der Waals surface area contributed by atoms with Crippen LogP contribution in [0.25, 0.3) is 0 Å². The molecule has 0 aromatic heterocycles. The molecule has 0 spiro atoms. The number of benzene rings is 1. The van der Waals surface area contributed by atoms with Crippen molar-refractivity contribution >= 4 is 5.91 Å². The summed E-state index contributed by atoms with van der Waals surface area (Å²) >= 11 is 0. The van der Waals surface area contributed by atoms with Crippen LogP contribution in [0.15, 0.2) is 18.2 Å². The van der Waals surface area contributed by atoms with Crippen molar-refractivity contribution in [1.82, 2.24) is 5.32 Å². The Balaban J connectivity index is 2.51. The predicted molar refractivity (Wildman–Crippen MR) is 89.6 cm³/mol. The Morgan fingerprint density at radius 3 is 2.45 bits per heavy atom. The van der Waals surface area contributed by atoms with Gasteiger partial charge in [-0.05, 0) is 50.3 Å². The number of hydrogen-bond donors (Lipinski definition) is 1. The maximum Gasteiger partial charge on any atom is 0.220 e. The first-order valence-electron chi connectivity index (χ1n) is 8.22. The van der Waals surface area contributed by atoms with Gasteiger partial charge in [0.15, 0.2) is 11.5 Å². The van der Waals surface area contributed by atoms with E-state index in [1.165, 1.54) is 0 Å². The average Bonchev–Trinajstić information content (AvgIpc) is 2.47. The molecular formula is C18H29NO3. The molecule has 0 fully saturated rings. The smallest absolute Gasteiger partial charge is 0.220 e. The first-order chi connectivity index (χ1) is 10.6. The van der Waals surface area contributed by atoms with Gasteiger partial charge in [-0.15, -0.1) is 0 Å². The molecule has 124 valence electrons. The Hall–Kier alpha value is -1.71. The van der Waals surface area contributed by atoms with Gasteiger partial charge in [0.05, 0.1) is 13.2 Å². The first kappa shape index (κ1) is 18.3. The zero-order chi connectivity index (χ0) is 16.4. The van der Waals surface area contributed by atoms with Gasteiger partial charge in [-0.1, -0.05) is 19.9 Å². The second kappa shape index (κ2) is 10.1. The molecule has 1 rings (SSSR count). The van der Waals surface area contributed by atoms with E-state index in [2.05, 4.69) is 19.2 Å². The Morgan fingerprint density at radius 2 is 1.82 bits per heavy atom. The lowest BCUT2D eigenvalue weighted by molar-refractivity contribution is -0.121. The molecule has 0 saturated heterocycles. The maximum absolute atomic E-state index is 11.8. The van der Waals surface area contributed by atoms with Crippen LogP contribution in [0.4, 0.5) is 0 Å². The predicted octanol–water partition coefficient (Wildman–Crippen LogP) is 3.58. The van der Waals surface area contributed by atoms with E-state index >= 15 is 0 Å². The lowest BCUT2D eigenvalue weighted by atomic mass is 10.1. The minimum absolute atomic E-state index is 0.104. The van der Waals surface area contributed by atoms with Crippen molar-refractivity contribution in [1.29, 1.82) is 0 Å². The molecule has 0 aliphatic carbocycles. The standard InChI is InChI=1S/C18H29NO3/c1-5-21-16-9-7-15(13-17(16)22-6-2)8-10-18(20)19-12-11-14(3)4/h7,9,13-14H,5-6,8,10-12H2,1-4H3,(H,19,20). The molecule has 0 heterocycles. The zero-order valence-corrected chi connectivity index (χ0v) is 14.3. The van der Waals surface area contributed by atoms with Crippen LogP contribution in [0, 0.1) is 5.92 Å². The molecule has 1 amide bonds. The Labute approximate surface area is 134 Å². The molecule has 0 radical (unpaired) electrons. The highest BCUT2D eigenvalue weighted by Crippen LogP contribution is 2.28. The van der Waals surface area contributed by atoms with Gasteiger partial charge in [-0.2, -0.15) is 0 Å². The molecule has 0 bridgehead atoms. The summed E-state index contributed by atoms with van der Waals surface area (Å²) in [5.41, 5.74) is 1.09. The Kier molecular flexibility index (Phi) is 8.41. The summed E-state index contributed by atoms with van der Waals surface area (Å²) in [6.07, 6.45) is 2.22. The van der Waals surface area contributed by atoms with E-state index in [0.29, 0.717) is 32.0 Å². The van der Waals surface area contributed by atoms with Crippen molar-refractivity contribution in [2.24, 2.45) is 5.92 Å². The quantitative estimate of drug-likeness (QED) is 0.719. The fraction of sp³-hybridized carbons (Fsp3) is 0.611. The molecule has 4 nitrogen and oxygen atoms in total. The summed E-state index contributed by atoms with van der Waals surface area (Å²) in [5.74, 6) is 2.23. The van der Waals surface area contributed by atoms with Gasteiger partial charge in [0, 0.05) is 13.0 Å². The number of aryl methyl sites for hydroxylation is 1. The molecule has 1 aromatic rings. The normalized spacial score (nSPS) is 10.6. The molecule has 0 saturated carbocycles. The number of carbonyl (C=O) groups is 1. The van der Waals surface area contributed by atoms with E-state index < -0.39 is 0 Å². The van der Waals surface area contributed by atoms with Gasteiger partial charge in [0.25, 0.3) is 0 Å². The van der Waals surface area contributed by atoms with E-state index in [1.54, 1.807) is 0 Å². The van der Waals surface area contributed by atoms with Crippen LogP contribution in [0.3, 0.4) is 0 Å². The van der Waals surface area contributed by atoms with Gasteiger partial charge in [0.2, 0.25) is 5.91 Å². The second-order valence-corrected chi connectivity index (χ2v) is 5.68. The largest absolute Gasteiger partial charge is 0.490 e. The van der Waals surface area contributed by atoms with Crippen LogP contribution >= 0.6 is 0 Å². The third kappa shape index (κ3) is 6.83. The van der Waals surface area contributed by atoms with E-state index in [1.807, 2.05) is 32.0 Å². The number of amides is 1. The van der Waals surface area contributed by atoms with Crippen LogP contribution in [-0.4, -0.2) is 25.7 Å². The number of hydrogen-bond acceptors (Lipinski definition) is 3. The number of nitrogens with one attached hydrogen (secondary N) is 1. The van der Waals surface area contributed by atoms with Gasteiger partial charge >= 0.3 is 0 Å². The lowest BCUT2D eigenvalue weighted by Gasteiger charge is -2.12. The maximum atomic E-state index is 11.8. The number of carbonyl (C=O) groups excluding carboxylic acids is 1. The highest BCUT2D eigenvalue weighted by atomic mass is 16.5. The lowest BCUT2D eigenvalue weighted by Crippen LogP contribution is -2.25. The van der Waals surface area contributed by atoms with Crippen LogP contribution < -0.4 is 14.8 Å². The van der Waals surface area contributed by atoms with E-state index in [9.17, 15) is 4.79 Å². The topological polar surface area (TPSA) is 47.6 Å². The van der Waals surface area contributed by atoms with E-state index in [4.69, 9.17) is 9.47 Å². The van der Waals surface area contributed by atoms with Crippen molar-refractivity contribution in [3.8, 4) is 11.5 Å². The molecule has 1 N–H and O–H groups in total. The van der Waals surface area contributed by atoms with Crippen LogP contribution in [-0.2, 0) is 11.2 Å². The summed E-state index contributed by atoms with van der Waals surface area (Å²) in [6.45, 7) is 10.2. The SMILES string of the molecule is CCOc1ccc(CCC(=O)NCCC(C)C)cc1OCC. The van der Waals surface area contributed by atoms with E-state index in [-0.39, 0.29) is 5.91 Å². The molecule has 1 aromatic carbocycles. The van der Waals surface area contributed by atoms with Crippen LogP contribution in [0.1, 0.15) is 46.1 Å². The second-order valence-electron chi connectivity index (χ2n) is 5.68. The monoisotopic (exact) mass is 307 g/mol. The molecule has 22 heavy (non-hydrogen) atoms. The highest BCUT2D eigenvalue weighted by Gasteiger charge is 2.08. The zero-order valence-electron chi connectivity index (χ0n) is 14.3. The molecule has 0 atom stereocenters. The molecule has 0 unspecified atom stereocenters. The van der Waals surface area contributed by atoms with Crippen LogP contribution in [0.5, 0.6) is 11.5 Å². The van der Waals surface area contributed by atoms with Gasteiger partial charge < -0.3 is 14.8 Å². The summed E-state index contributed by atoms with van der Waals surface area (Å²) in [4.78, 5) is 11.8. The minimum atomic E-state index is 0.104. The Bertz CT molecular complexity index is 458. The first-order valence-corrected chi connectivity index (χ1v) is 8.22. The summed E-state index contributed by atoms with van der Waals surface area (Å²) in [7, 11) is 0. The van der Waals surface area contributed by atoms with Crippen molar-refractivity contribution in [3.05, 3.63) is 23.8 Å². The summed E-state index contributed by atoms with van der Waals surface area (Å²) in [6, 6.07) is 5.88. The van der Waals surface area contributed by atoms with Gasteiger partial charge in [-0.3, -0.25) is 4.79 Å². The molecule has 4 heteroatoms. The summed E-state index contributed by atoms with van der Waals surface area (Å²) < 4.78 is 11.1. The molecule has 0 aliphatic rings. The number of ether oxygens (including phenoxy) is 2. The highest BCUT2D eigenvalue weighted by molar-refractivity contribution is 5.76. The molecular weight excluding hydrogens is 278 g/mol. The van der Waals surface area contributed by atoms with Crippen molar-refractivity contribution in [2.75, 3.05) is 19.8 Å². The third-order valence-electron chi connectivity index (χ3n) is 3.29. The Morgan fingerprint density at radius 1 is 1.14 bits per heavy atom. The summed E-state index contributed by atoms with van der Waals surface area (Å²) in [5, 5.41) is 2.96. The average molecular weight is 307 g/mol. The van der Waals surface area contributed by atoms with E-state index in [0.717, 1.165) is 30.0 Å². The van der Waals surface area contributed by atoms with Crippen LogP contribution in [0.2, 0.25) is 0 Å². The third-order valence-corrected chi connectivity index (χ3v) is 3.29. The fourth-order valence-corrected chi connectivity index (χ4v) is 2.10. The van der Waals surface area contributed by atoms with Crippen molar-refractivity contribution < 1.29 is 14.3 Å². The molecule has 0 aliphatic heterocycles. The van der Waals surface area contributed by atoms with Crippen molar-refractivity contribution in [3.63, 3.8) is 0 Å². The minimum Gasteiger partial charge on any atom is -0.490 e. The van der Waals surface area contributed by atoms with Gasteiger partial charge in [-0.25, -0.2) is 0 Å². The van der Waals surface area contributed by atoms with Gasteiger partial charge in [0.1, 0.15) is 0 Å². The number of rotatable bonds is 10.